The number of amides is 1. The van der Waals surface area contributed by atoms with Gasteiger partial charge in [-0.25, -0.2) is 4.39 Å². The predicted molar refractivity (Wildman–Crippen MR) is 103 cm³/mol. The van der Waals surface area contributed by atoms with Gasteiger partial charge in [0, 0.05) is 44.0 Å². The molecule has 5 nitrogen and oxygen atoms in total. The molecular formula is C21H28FN3O2. The Balaban J connectivity index is 1.73. The van der Waals surface area contributed by atoms with Gasteiger partial charge in [-0.3, -0.25) is 4.79 Å². The van der Waals surface area contributed by atoms with Crippen LogP contribution in [0.25, 0.3) is 0 Å². The number of carbonyl (C=O) groups is 1. The Hall–Kier alpha value is -2.18. The predicted octanol–water partition coefficient (Wildman–Crippen LogP) is 3.00. The lowest BCUT2D eigenvalue weighted by Crippen LogP contribution is -2.48. The summed E-state index contributed by atoms with van der Waals surface area (Å²) in [4.78, 5) is 11.9. The van der Waals surface area contributed by atoms with E-state index in [1.54, 1.807) is 13.2 Å². The molecule has 27 heavy (non-hydrogen) atoms. The SMILES string of the molecule is COCCn1c(C)cc(CN[C@@H]2CCC(=O)N[C@H]2c2cccc(F)c2)c1C. The summed E-state index contributed by atoms with van der Waals surface area (Å²) in [6.45, 7) is 6.44. The van der Waals surface area contributed by atoms with Gasteiger partial charge in [0.1, 0.15) is 5.82 Å². The van der Waals surface area contributed by atoms with Crippen LogP contribution in [0.1, 0.15) is 41.4 Å². The normalized spacial score (nSPS) is 19.9. The van der Waals surface area contributed by atoms with Gasteiger partial charge in [0.2, 0.25) is 5.91 Å². The first-order valence-corrected chi connectivity index (χ1v) is 9.42. The molecule has 0 spiro atoms. The first kappa shape index (κ1) is 19.6. The molecule has 1 aromatic carbocycles. The number of carbonyl (C=O) groups excluding carboxylic acids is 1. The molecule has 1 aliphatic rings. The van der Waals surface area contributed by atoms with Crippen LogP contribution < -0.4 is 10.6 Å². The van der Waals surface area contributed by atoms with Crippen molar-refractivity contribution in [2.75, 3.05) is 13.7 Å². The molecule has 0 unspecified atom stereocenters. The van der Waals surface area contributed by atoms with Crippen molar-refractivity contribution >= 4 is 5.91 Å². The average Bonchev–Trinajstić information content (AvgIpc) is 2.92. The fourth-order valence-electron chi connectivity index (χ4n) is 3.85. The van der Waals surface area contributed by atoms with Crippen LogP contribution in [-0.2, 0) is 22.6 Å². The number of aromatic nitrogens is 1. The highest BCUT2D eigenvalue weighted by molar-refractivity contribution is 5.77. The molecule has 2 atom stereocenters. The minimum absolute atomic E-state index is 0.0139. The van der Waals surface area contributed by atoms with Crippen molar-refractivity contribution in [1.29, 1.82) is 0 Å². The zero-order chi connectivity index (χ0) is 19.4. The van der Waals surface area contributed by atoms with E-state index >= 15 is 0 Å². The minimum atomic E-state index is -0.284. The smallest absolute Gasteiger partial charge is 0.220 e. The lowest BCUT2D eigenvalue weighted by molar-refractivity contribution is -0.123. The lowest BCUT2D eigenvalue weighted by Gasteiger charge is -2.33. The summed E-state index contributed by atoms with van der Waals surface area (Å²) in [5.41, 5.74) is 4.46. The van der Waals surface area contributed by atoms with E-state index in [9.17, 15) is 9.18 Å². The molecule has 6 heteroatoms. The third kappa shape index (κ3) is 4.57. The van der Waals surface area contributed by atoms with Gasteiger partial charge in [0.05, 0.1) is 12.6 Å². The maximum atomic E-state index is 13.7. The minimum Gasteiger partial charge on any atom is -0.383 e. The monoisotopic (exact) mass is 373 g/mol. The number of aryl methyl sites for hydroxylation is 1. The van der Waals surface area contributed by atoms with Crippen LogP contribution in [0, 0.1) is 19.7 Å². The third-order valence-corrected chi connectivity index (χ3v) is 5.36. The van der Waals surface area contributed by atoms with Crippen LogP contribution >= 0.6 is 0 Å². The Morgan fingerprint density at radius 2 is 2.15 bits per heavy atom. The fourth-order valence-corrected chi connectivity index (χ4v) is 3.85. The molecule has 2 aromatic rings. The van der Waals surface area contributed by atoms with Crippen LogP contribution in [0.4, 0.5) is 4.39 Å². The zero-order valence-corrected chi connectivity index (χ0v) is 16.2. The number of hydrogen-bond donors (Lipinski definition) is 2. The van der Waals surface area contributed by atoms with Crippen LogP contribution in [0.2, 0.25) is 0 Å². The number of hydrogen-bond acceptors (Lipinski definition) is 3. The zero-order valence-electron chi connectivity index (χ0n) is 16.2. The van der Waals surface area contributed by atoms with E-state index in [-0.39, 0.29) is 23.8 Å². The molecule has 0 radical (unpaired) electrons. The van der Waals surface area contributed by atoms with Gasteiger partial charge in [-0.2, -0.15) is 0 Å². The summed E-state index contributed by atoms with van der Waals surface area (Å²) < 4.78 is 21.1. The highest BCUT2D eigenvalue weighted by Crippen LogP contribution is 2.25. The lowest BCUT2D eigenvalue weighted by atomic mass is 9.91. The maximum Gasteiger partial charge on any atom is 0.220 e. The van der Waals surface area contributed by atoms with E-state index in [1.165, 1.54) is 29.1 Å². The standard InChI is InChI=1S/C21H28FN3O2/c1-14-11-17(15(2)25(14)9-10-27-3)13-23-19-7-8-20(26)24-21(19)16-5-4-6-18(22)12-16/h4-6,11-12,19,21,23H,7-10,13H2,1-3H3,(H,24,26)/t19-,21+/m1/s1. The van der Waals surface area contributed by atoms with Crippen LogP contribution in [0.15, 0.2) is 30.3 Å². The van der Waals surface area contributed by atoms with Gasteiger partial charge in [-0.1, -0.05) is 12.1 Å². The van der Waals surface area contributed by atoms with E-state index in [1.807, 2.05) is 6.07 Å². The number of nitrogens with zero attached hydrogens (tertiary/aromatic N) is 1. The van der Waals surface area contributed by atoms with E-state index in [0.717, 1.165) is 18.5 Å². The number of halogens is 1. The van der Waals surface area contributed by atoms with Gasteiger partial charge in [0.25, 0.3) is 0 Å². The van der Waals surface area contributed by atoms with Crippen molar-refractivity contribution in [2.45, 2.75) is 51.9 Å². The topological polar surface area (TPSA) is 55.3 Å². The van der Waals surface area contributed by atoms with Gasteiger partial charge >= 0.3 is 0 Å². The number of ether oxygens (including phenoxy) is 1. The number of rotatable bonds is 7. The number of methoxy groups -OCH3 is 1. The quantitative estimate of drug-likeness (QED) is 0.785. The summed E-state index contributed by atoms with van der Waals surface area (Å²) in [5.74, 6) is -0.271. The van der Waals surface area contributed by atoms with Crippen LogP contribution in [0.5, 0.6) is 0 Å². The molecule has 1 amide bonds. The molecular weight excluding hydrogens is 345 g/mol. The Labute approximate surface area is 159 Å². The highest BCUT2D eigenvalue weighted by Gasteiger charge is 2.30. The van der Waals surface area contributed by atoms with Crippen LogP contribution in [0.3, 0.4) is 0 Å². The highest BCUT2D eigenvalue weighted by atomic mass is 19.1. The molecule has 0 aliphatic carbocycles. The molecule has 146 valence electrons. The molecule has 2 N–H and O–H groups in total. The Morgan fingerprint density at radius 3 is 2.89 bits per heavy atom. The molecule has 1 aromatic heterocycles. The molecule has 0 saturated carbocycles. The number of nitrogens with one attached hydrogen (secondary N) is 2. The van der Waals surface area contributed by atoms with E-state index in [2.05, 4.69) is 35.1 Å². The van der Waals surface area contributed by atoms with Crippen molar-refractivity contribution in [2.24, 2.45) is 0 Å². The summed E-state index contributed by atoms with van der Waals surface area (Å²) in [6.07, 6.45) is 1.21. The first-order valence-electron chi connectivity index (χ1n) is 9.42. The van der Waals surface area contributed by atoms with E-state index in [4.69, 9.17) is 4.74 Å². The van der Waals surface area contributed by atoms with Gasteiger partial charge in [-0.05, 0) is 49.6 Å². The van der Waals surface area contributed by atoms with Crippen molar-refractivity contribution < 1.29 is 13.9 Å². The fraction of sp³-hybridized carbons (Fsp3) is 0.476. The average molecular weight is 373 g/mol. The Bertz CT molecular complexity index is 803. The Morgan fingerprint density at radius 1 is 1.33 bits per heavy atom. The molecule has 1 fully saturated rings. The second kappa shape index (κ2) is 8.67. The summed E-state index contributed by atoms with van der Waals surface area (Å²) >= 11 is 0. The van der Waals surface area contributed by atoms with Crippen molar-refractivity contribution in [3.05, 3.63) is 58.7 Å². The second-order valence-electron chi connectivity index (χ2n) is 7.17. The van der Waals surface area contributed by atoms with Crippen molar-refractivity contribution in [1.82, 2.24) is 15.2 Å². The maximum absolute atomic E-state index is 13.7. The molecule has 2 heterocycles. The summed E-state index contributed by atoms with van der Waals surface area (Å²) in [6, 6.07) is 8.51. The molecule has 1 saturated heterocycles. The third-order valence-electron chi connectivity index (χ3n) is 5.36. The molecule has 1 aliphatic heterocycles. The second-order valence-corrected chi connectivity index (χ2v) is 7.17. The molecule has 3 rings (SSSR count). The summed E-state index contributed by atoms with van der Waals surface area (Å²) in [5, 5.41) is 6.60. The van der Waals surface area contributed by atoms with E-state index < -0.39 is 0 Å². The molecule has 0 bridgehead atoms. The van der Waals surface area contributed by atoms with Gasteiger partial charge < -0.3 is 19.9 Å². The van der Waals surface area contributed by atoms with Crippen molar-refractivity contribution in [3.8, 4) is 0 Å². The van der Waals surface area contributed by atoms with E-state index in [0.29, 0.717) is 19.6 Å². The largest absolute Gasteiger partial charge is 0.383 e. The van der Waals surface area contributed by atoms with Crippen molar-refractivity contribution in [3.63, 3.8) is 0 Å². The van der Waals surface area contributed by atoms with Gasteiger partial charge in [0.15, 0.2) is 0 Å². The van der Waals surface area contributed by atoms with Gasteiger partial charge in [-0.15, -0.1) is 0 Å². The number of piperidine rings is 1. The van der Waals surface area contributed by atoms with Crippen LogP contribution in [-0.4, -0.2) is 30.2 Å². The Kier molecular flexibility index (Phi) is 6.29. The summed E-state index contributed by atoms with van der Waals surface area (Å²) in [7, 11) is 1.71. The number of benzene rings is 1. The first-order chi connectivity index (χ1) is 13.0.